The number of nitrogens with zero attached hydrogens (tertiary/aromatic N) is 1. The summed E-state index contributed by atoms with van der Waals surface area (Å²) in [7, 11) is 0. The molecule has 2 aromatic carbocycles. The molecule has 1 aliphatic heterocycles. The Hall–Kier alpha value is -2.07. The van der Waals surface area contributed by atoms with Crippen molar-refractivity contribution in [3.8, 4) is 0 Å². The zero-order valence-corrected chi connectivity index (χ0v) is 12.1. The number of fused-ring (bicyclic) bond motifs is 3. The summed E-state index contributed by atoms with van der Waals surface area (Å²) >= 11 is 1.34. The van der Waals surface area contributed by atoms with Gasteiger partial charge in [-0.2, -0.15) is 0 Å². The Morgan fingerprint density at radius 1 is 1.14 bits per heavy atom. The number of hydrogen-bond acceptors (Lipinski definition) is 4. The van der Waals surface area contributed by atoms with Gasteiger partial charge in [0.1, 0.15) is 16.5 Å². The zero-order valence-electron chi connectivity index (χ0n) is 11.3. The van der Waals surface area contributed by atoms with Crippen molar-refractivity contribution in [1.29, 1.82) is 0 Å². The minimum Gasteiger partial charge on any atom is -0.456 e. The summed E-state index contributed by atoms with van der Waals surface area (Å²) < 4.78 is 5.81. The van der Waals surface area contributed by atoms with Crippen LogP contribution in [0.1, 0.15) is 18.4 Å². The first kappa shape index (κ1) is 12.7. The number of benzene rings is 2. The number of carbonyl (C=O) groups excluding carboxylic acids is 1. The SMILES string of the molecule is O=C1CCC(N=Cc2ccc3oc4ccccc4c3c2)S1. The minimum absolute atomic E-state index is 0.0780. The largest absolute Gasteiger partial charge is 0.456 e. The van der Waals surface area contributed by atoms with Crippen LogP contribution in [0.5, 0.6) is 0 Å². The van der Waals surface area contributed by atoms with Crippen molar-refractivity contribution in [3.63, 3.8) is 0 Å². The first-order valence-electron chi connectivity index (χ1n) is 6.93. The molecule has 3 aromatic rings. The van der Waals surface area contributed by atoms with E-state index in [-0.39, 0.29) is 10.5 Å². The number of thioether (sulfide) groups is 1. The van der Waals surface area contributed by atoms with Gasteiger partial charge in [-0.3, -0.25) is 9.79 Å². The Morgan fingerprint density at radius 3 is 2.86 bits per heavy atom. The Balaban J connectivity index is 1.71. The summed E-state index contributed by atoms with van der Waals surface area (Å²) in [6.45, 7) is 0. The van der Waals surface area contributed by atoms with Gasteiger partial charge in [0, 0.05) is 23.4 Å². The molecule has 2 heterocycles. The average Bonchev–Trinajstić information content (AvgIpc) is 3.08. The maximum atomic E-state index is 11.2. The highest BCUT2D eigenvalue weighted by molar-refractivity contribution is 8.14. The molecular formula is C17H13NO2S. The summed E-state index contributed by atoms with van der Waals surface area (Å²) in [5.41, 5.74) is 2.83. The quantitative estimate of drug-likeness (QED) is 0.659. The third kappa shape index (κ3) is 2.36. The molecule has 0 N–H and O–H groups in total. The highest BCUT2D eigenvalue weighted by Crippen LogP contribution is 2.30. The van der Waals surface area contributed by atoms with E-state index in [0.29, 0.717) is 6.42 Å². The molecule has 4 heteroatoms. The predicted octanol–water partition coefficient (Wildman–Crippen LogP) is 4.38. The molecule has 0 bridgehead atoms. The molecule has 1 saturated heterocycles. The molecule has 0 amide bonds. The standard InChI is InChI=1S/C17H13NO2S/c19-17-8-7-16(21-17)18-10-11-5-6-15-13(9-11)12-3-1-2-4-14(12)20-15/h1-6,9-10,16H,7-8H2. The second-order valence-electron chi connectivity index (χ2n) is 5.12. The number of aliphatic imine (C=N–C) groups is 1. The van der Waals surface area contributed by atoms with E-state index in [1.165, 1.54) is 11.8 Å². The van der Waals surface area contributed by atoms with Gasteiger partial charge in [0.05, 0.1) is 0 Å². The van der Waals surface area contributed by atoms with E-state index < -0.39 is 0 Å². The molecule has 0 radical (unpaired) electrons. The molecule has 1 aliphatic rings. The molecule has 1 unspecified atom stereocenters. The monoisotopic (exact) mass is 295 g/mol. The molecule has 3 nitrogen and oxygen atoms in total. The summed E-state index contributed by atoms with van der Waals surface area (Å²) in [4.78, 5) is 15.7. The van der Waals surface area contributed by atoms with Crippen LogP contribution in [-0.4, -0.2) is 16.7 Å². The van der Waals surface area contributed by atoms with Gasteiger partial charge in [-0.15, -0.1) is 0 Å². The zero-order chi connectivity index (χ0) is 14.2. The van der Waals surface area contributed by atoms with Gasteiger partial charge in [0.25, 0.3) is 0 Å². The summed E-state index contributed by atoms with van der Waals surface area (Å²) in [6.07, 6.45) is 3.34. The molecule has 4 rings (SSSR count). The van der Waals surface area contributed by atoms with E-state index in [1.807, 2.05) is 36.5 Å². The molecular weight excluding hydrogens is 282 g/mol. The first-order valence-corrected chi connectivity index (χ1v) is 7.81. The van der Waals surface area contributed by atoms with Crippen molar-refractivity contribution in [1.82, 2.24) is 0 Å². The second kappa shape index (κ2) is 5.04. The van der Waals surface area contributed by atoms with Crippen LogP contribution in [-0.2, 0) is 4.79 Å². The third-order valence-corrected chi connectivity index (χ3v) is 4.75. The van der Waals surface area contributed by atoms with E-state index in [0.717, 1.165) is 33.9 Å². The number of furan rings is 1. The fourth-order valence-electron chi connectivity index (χ4n) is 2.61. The minimum atomic E-state index is 0.0780. The van der Waals surface area contributed by atoms with Crippen LogP contribution in [0.15, 0.2) is 51.9 Å². The molecule has 104 valence electrons. The van der Waals surface area contributed by atoms with Crippen LogP contribution >= 0.6 is 11.8 Å². The molecule has 21 heavy (non-hydrogen) atoms. The van der Waals surface area contributed by atoms with E-state index >= 15 is 0 Å². The molecule has 1 atom stereocenters. The molecule has 0 saturated carbocycles. The van der Waals surface area contributed by atoms with Crippen molar-refractivity contribution >= 4 is 45.0 Å². The lowest BCUT2D eigenvalue weighted by Crippen LogP contribution is -1.92. The van der Waals surface area contributed by atoms with E-state index in [1.54, 1.807) is 0 Å². The molecule has 1 fully saturated rings. The van der Waals surface area contributed by atoms with Gasteiger partial charge in [-0.05, 0) is 36.2 Å². The highest BCUT2D eigenvalue weighted by atomic mass is 32.2. The van der Waals surface area contributed by atoms with Gasteiger partial charge >= 0.3 is 0 Å². The van der Waals surface area contributed by atoms with E-state index in [2.05, 4.69) is 17.1 Å². The summed E-state index contributed by atoms with van der Waals surface area (Å²) in [5, 5.41) is 2.54. The van der Waals surface area contributed by atoms with Crippen LogP contribution in [0, 0.1) is 0 Å². The topological polar surface area (TPSA) is 42.6 Å². The lowest BCUT2D eigenvalue weighted by molar-refractivity contribution is -0.110. The van der Waals surface area contributed by atoms with Gasteiger partial charge in [-0.1, -0.05) is 30.0 Å². The molecule has 0 aliphatic carbocycles. The van der Waals surface area contributed by atoms with Crippen LogP contribution in [0.2, 0.25) is 0 Å². The van der Waals surface area contributed by atoms with Gasteiger partial charge in [-0.25, -0.2) is 0 Å². The van der Waals surface area contributed by atoms with Crippen molar-refractivity contribution in [2.75, 3.05) is 0 Å². The Morgan fingerprint density at radius 2 is 2.00 bits per heavy atom. The van der Waals surface area contributed by atoms with Crippen LogP contribution in [0.3, 0.4) is 0 Å². The predicted molar refractivity (Wildman–Crippen MR) is 86.9 cm³/mol. The molecule has 1 aromatic heterocycles. The third-order valence-electron chi connectivity index (χ3n) is 3.65. The smallest absolute Gasteiger partial charge is 0.191 e. The fraction of sp³-hybridized carbons (Fsp3) is 0.176. The lowest BCUT2D eigenvalue weighted by atomic mass is 10.1. The molecule has 0 spiro atoms. The summed E-state index contributed by atoms with van der Waals surface area (Å²) in [5.74, 6) is 0. The number of hydrogen-bond donors (Lipinski definition) is 0. The normalized spacial score (nSPS) is 19.2. The van der Waals surface area contributed by atoms with Gasteiger partial charge < -0.3 is 4.42 Å². The van der Waals surface area contributed by atoms with Crippen molar-refractivity contribution in [2.45, 2.75) is 18.2 Å². The maximum Gasteiger partial charge on any atom is 0.191 e. The Kier molecular flexibility index (Phi) is 3.04. The number of carbonyl (C=O) groups is 1. The number of rotatable bonds is 2. The van der Waals surface area contributed by atoms with Gasteiger partial charge in [0.15, 0.2) is 5.12 Å². The Labute approximate surface area is 126 Å². The summed E-state index contributed by atoms with van der Waals surface area (Å²) in [6, 6.07) is 14.1. The number of para-hydroxylation sites is 1. The first-order chi connectivity index (χ1) is 10.3. The van der Waals surface area contributed by atoms with Crippen molar-refractivity contribution < 1.29 is 9.21 Å². The lowest BCUT2D eigenvalue weighted by Gasteiger charge is -1.99. The van der Waals surface area contributed by atoms with Crippen molar-refractivity contribution in [3.05, 3.63) is 48.0 Å². The highest BCUT2D eigenvalue weighted by Gasteiger charge is 2.21. The van der Waals surface area contributed by atoms with Crippen LogP contribution in [0.4, 0.5) is 0 Å². The van der Waals surface area contributed by atoms with Crippen LogP contribution < -0.4 is 0 Å². The Bertz CT molecular complexity index is 865. The van der Waals surface area contributed by atoms with E-state index in [9.17, 15) is 4.79 Å². The fourth-order valence-corrected chi connectivity index (χ4v) is 3.51. The second-order valence-corrected chi connectivity index (χ2v) is 6.35. The van der Waals surface area contributed by atoms with E-state index in [4.69, 9.17) is 4.42 Å². The van der Waals surface area contributed by atoms with Gasteiger partial charge in [0.2, 0.25) is 0 Å². The average molecular weight is 295 g/mol. The van der Waals surface area contributed by atoms with Crippen molar-refractivity contribution in [2.24, 2.45) is 4.99 Å². The maximum absolute atomic E-state index is 11.2. The van der Waals surface area contributed by atoms with Crippen LogP contribution in [0.25, 0.3) is 21.9 Å².